The van der Waals surface area contributed by atoms with Gasteiger partial charge in [0.15, 0.2) is 6.29 Å². The van der Waals surface area contributed by atoms with Crippen LogP contribution in [0.3, 0.4) is 0 Å². The van der Waals surface area contributed by atoms with Gasteiger partial charge in [0.2, 0.25) is 5.79 Å². The standard InChI is InChI=1S/C15H26O11/c1-2-3-23-12-11(21)9(19)7(4-16)24-14(12)26-15(6-18)13(22)10(20)8(5-17)25-15/h2,7-14,16-22H,1,3-6H2/t7-,8-,9-,10-,11+,12-,13+,14-,15-/m1/s1. The van der Waals surface area contributed by atoms with E-state index in [-0.39, 0.29) is 6.61 Å². The van der Waals surface area contributed by atoms with Crippen LogP contribution in [0.1, 0.15) is 0 Å². The molecule has 0 aromatic rings. The van der Waals surface area contributed by atoms with Gasteiger partial charge in [-0.2, -0.15) is 0 Å². The molecule has 0 aliphatic carbocycles. The normalized spacial score (nSPS) is 46.4. The molecule has 0 aromatic carbocycles. The zero-order valence-electron chi connectivity index (χ0n) is 14.0. The smallest absolute Gasteiger partial charge is 0.224 e. The van der Waals surface area contributed by atoms with E-state index in [1.807, 2.05) is 0 Å². The highest BCUT2D eigenvalue weighted by atomic mass is 16.8. The lowest BCUT2D eigenvalue weighted by Gasteiger charge is -2.44. The highest BCUT2D eigenvalue weighted by molar-refractivity contribution is 4.98. The molecule has 11 heteroatoms. The van der Waals surface area contributed by atoms with Crippen molar-refractivity contribution in [3.05, 3.63) is 12.7 Å². The minimum absolute atomic E-state index is 0.0428. The van der Waals surface area contributed by atoms with Gasteiger partial charge in [0.25, 0.3) is 0 Å². The summed E-state index contributed by atoms with van der Waals surface area (Å²) in [6.45, 7) is 1.21. The van der Waals surface area contributed by atoms with Crippen molar-refractivity contribution in [2.24, 2.45) is 0 Å². The van der Waals surface area contributed by atoms with Gasteiger partial charge in [-0.1, -0.05) is 6.08 Å². The largest absolute Gasteiger partial charge is 0.394 e. The van der Waals surface area contributed by atoms with Crippen LogP contribution in [0.2, 0.25) is 0 Å². The minimum atomic E-state index is -2.17. The van der Waals surface area contributed by atoms with Gasteiger partial charge in [0.1, 0.15) is 49.3 Å². The van der Waals surface area contributed by atoms with Crippen LogP contribution in [-0.2, 0) is 18.9 Å². The molecule has 0 amide bonds. The van der Waals surface area contributed by atoms with Crippen LogP contribution in [0.15, 0.2) is 12.7 Å². The summed E-state index contributed by atoms with van der Waals surface area (Å²) in [4.78, 5) is 0. The maximum Gasteiger partial charge on any atom is 0.224 e. The van der Waals surface area contributed by atoms with E-state index < -0.39 is 74.6 Å². The molecule has 2 heterocycles. The number of ether oxygens (including phenoxy) is 4. The Morgan fingerprint density at radius 1 is 0.962 bits per heavy atom. The lowest BCUT2D eigenvalue weighted by Crippen LogP contribution is -2.63. The lowest BCUT2D eigenvalue weighted by molar-refractivity contribution is -0.386. The summed E-state index contributed by atoms with van der Waals surface area (Å²) in [7, 11) is 0. The molecule has 11 nitrogen and oxygen atoms in total. The molecule has 2 aliphatic rings. The van der Waals surface area contributed by atoms with Crippen LogP contribution < -0.4 is 0 Å². The molecule has 7 N–H and O–H groups in total. The Morgan fingerprint density at radius 3 is 2.12 bits per heavy atom. The molecular weight excluding hydrogens is 356 g/mol. The van der Waals surface area contributed by atoms with Crippen molar-refractivity contribution in [2.45, 2.75) is 54.8 Å². The quantitative estimate of drug-likeness (QED) is 0.202. The SMILES string of the molecule is C=CCO[C@H]1[C@@H](O[C@@]2(CO)O[C@H](CO)[C@@H](O)[C@@H]2O)O[C@H](CO)[C@@H](O)[C@@H]1O. The van der Waals surface area contributed by atoms with Gasteiger partial charge >= 0.3 is 0 Å². The fourth-order valence-electron chi connectivity index (χ4n) is 2.97. The molecule has 2 aliphatic heterocycles. The Balaban J connectivity index is 2.25. The number of aliphatic hydroxyl groups is 7. The first kappa shape index (κ1) is 21.6. The summed E-state index contributed by atoms with van der Waals surface area (Å²) in [6.07, 6.45) is -10.2. The highest BCUT2D eigenvalue weighted by Crippen LogP contribution is 2.36. The predicted octanol–water partition coefficient (Wildman–Crippen LogP) is -4.19. The third kappa shape index (κ3) is 3.93. The third-order valence-electron chi connectivity index (χ3n) is 4.45. The van der Waals surface area contributed by atoms with E-state index in [1.54, 1.807) is 0 Å². The van der Waals surface area contributed by atoms with Crippen molar-refractivity contribution >= 4 is 0 Å². The zero-order chi connectivity index (χ0) is 19.5. The lowest BCUT2D eigenvalue weighted by atomic mass is 9.98. The Labute approximate surface area is 149 Å². The maximum atomic E-state index is 10.2. The Hall–Kier alpha value is -0.700. The summed E-state index contributed by atoms with van der Waals surface area (Å²) in [5.74, 6) is -2.17. The second-order valence-electron chi connectivity index (χ2n) is 6.16. The van der Waals surface area contributed by atoms with Crippen molar-refractivity contribution in [2.75, 3.05) is 26.4 Å². The fourth-order valence-corrected chi connectivity index (χ4v) is 2.97. The predicted molar refractivity (Wildman–Crippen MR) is 82.6 cm³/mol. The van der Waals surface area contributed by atoms with E-state index in [0.717, 1.165) is 0 Å². The molecule has 2 rings (SSSR count). The van der Waals surface area contributed by atoms with E-state index in [9.17, 15) is 35.7 Å². The van der Waals surface area contributed by atoms with Crippen LogP contribution >= 0.6 is 0 Å². The van der Waals surface area contributed by atoms with Gasteiger partial charge in [-0.15, -0.1) is 6.58 Å². The molecule has 0 spiro atoms. The molecule has 2 fully saturated rings. The Kier molecular flexibility index (Phi) is 7.47. The number of aliphatic hydroxyl groups excluding tert-OH is 7. The molecule has 0 unspecified atom stereocenters. The van der Waals surface area contributed by atoms with Gasteiger partial charge in [0.05, 0.1) is 19.8 Å². The molecule has 0 saturated carbocycles. The molecule has 9 atom stereocenters. The summed E-state index contributed by atoms with van der Waals surface area (Å²) in [5, 5.41) is 68.5. The van der Waals surface area contributed by atoms with Gasteiger partial charge in [-0.05, 0) is 0 Å². The average molecular weight is 382 g/mol. The number of rotatable bonds is 8. The van der Waals surface area contributed by atoms with E-state index in [0.29, 0.717) is 0 Å². The van der Waals surface area contributed by atoms with Crippen LogP contribution in [-0.4, -0.2) is 117 Å². The fraction of sp³-hybridized carbons (Fsp3) is 0.867. The molecule has 0 bridgehead atoms. The topological polar surface area (TPSA) is 179 Å². The van der Waals surface area contributed by atoms with E-state index >= 15 is 0 Å². The van der Waals surface area contributed by atoms with Crippen molar-refractivity contribution in [1.29, 1.82) is 0 Å². The maximum absolute atomic E-state index is 10.2. The van der Waals surface area contributed by atoms with Crippen LogP contribution in [0.5, 0.6) is 0 Å². The van der Waals surface area contributed by atoms with Crippen molar-refractivity contribution in [3.8, 4) is 0 Å². The highest BCUT2D eigenvalue weighted by Gasteiger charge is 2.58. The van der Waals surface area contributed by atoms with Crippen LogP contribution in [0.4, 0.5) is 0 Å². The molecule has 0 radical (unpaired) electrons. The van der Waals surface area contributed by atoms with Crippen molar-refractivity contribution < 1.29 is 54.7 Å². The van der Waals surface area contributed by atoms with E-state index in [4.69, 9.17) is 18.9 Å². The number of hydrogen-bond acceptors (Lipinski definition) is 11. The van der Waals surface area contributed by atoms with Gasteiger partial charge in [-0.3, -0.25) is 0 Å². The Morgan fingerprint density at radius 2 is 1.62 bits per heavy atom. The number of hydrogen-bond donors (Lipinski definition) is 7. The summed E-state index contributed by atoms with van der Waals surface area (Å²) < 4.78 is 21.5. The third-order valence-corrected chi connectivity index (χ3v) is 4.45. The second-order valence-corrected chi connectivity index (χ2v) is 6.16. The Bertz CT molecular complexity index is 463. The molecule has 26 heavy (non-hydrogen) atoms. The molecule has 152 valence electrons. The first-order chi connectivity index (χ1) is 12.3. The summed E-state index contributed by atoms with van der Waals surface area (Å²) in [5.41, 5.74) is 0. The second kappa shape index (κ2) is 8.99. The summed E-state index contributed by atoms with van der Waals surface area (Å²) >= 11 is 0. The first-order valence-electron chi connectivity index (χ1n) is 8.13. The van der Waals surface area contributed by atoms with Crippen molar-refractivity contribution in [3.63, 3.8) is 0 Å². The summed E-state index contributed by atoms with van der Waals surface area (Å²) in [6, 6.07) is 0. The molecule has 2 saturated heterocycles. The molecule has 0 aromatic heterocycles. The van der Waals surface area contributed by atoms with Crippen molar-refractivity contribution in [1.82, 2.24) is 0 Å². The van der Waals surface area contributed by atoms with Gasteiger partial charge in [-0.25, -0.2) is 0 Å². The first-order valence-corrected chi connectivity index (χ1v) is 8.13. The van der Waals surface area contributed by atoms with Crippen LogP contribution in [0, 0.1) is 0 Å². The average Bonchev–Trinajstić information content (AvgIpc) is 2.89. The molecular formula is C15H26O11. The minimum Gasteiger partial charge on any atom is -0.394 e. The van der Waals surface area contributed by atoms with Crippen LogP contribution in [0.25, 0.3) is 0 Å². The monoisotopic (exact) mass is 382 g/mol. The zero-order valence-corrected chi connectivity index (χ0v) is 14.0. The van der Waals surface area contributed by atoms with Gasteiger partial charge in [0, 0.05) is 0 Å². The van der Waals surface area contributed by atoms with Gasteiger partial charge < -0.3 is 54.7 Å². The van der Waals surface area contributed by atoms with E-state index in [2.05, 4.69) is 6.58 Å². The van der Waals surface area contributed by atoms with E-state index in [1.165, 1.54) is 6.08 Å².